The second kappa shape index (κ2) is 3.86. The molecule has 2 nitrogen and oxygen atoms in total. The molecule has 0 heterocycles. The average Bonchev–Trinajstić information content (AvgIpc) is 1.93. The summed E-state index contributed by atoms with van der Waals surface area (Å²) in [7, 11) is 0. The Labute approximate surface area is 67.6 Å². The molecule has 11 heavy (non-hydrogen) atoms. The first kappa shape index (κ1) is 8.72. The van der Waals surface area contributed by atoms with Crippen molar-refractivity contribution in [2.45, 2.75) is 45.1 Å². The minimum atomic E-state index is -0.215. The number of Topliss-reactive ketones (excluding diaryl/α,β-unsaturated/α-hetero) is 1. The number of aliphatic hydroxyl groups is 1. The highest BCUT2D eigenvalue weighted by Crippen LogP contribution is 2.26. The van der Waals surface area contributed by atoms with E-state index < -0.39 is 0 Å². The summed E-state index contributed by atoms with van der Waals surface area (Å²) in [6.45, 7) is 1.60. The second-order valence-electron chi connectivity index (χ2n) is 3.52. The lowest BCUT2D eigenvalue weighted by molar-refractivity contribution is -0.119. The quantitative estimate of drug-likeness (QED) is 0.658. The van der Waals surface area contributed by atoms with Gasteiger partial charge in [0.15, 0.2) is 0 Å². The molecule has 1 aliphatic carbocycles. The molecule has 1 fully saturated rings. The van der Waals surface area contributed by atoms with Crippen LogP contribution in [0.5, 0.6) is 0 Å². The molecule has 1 aliphatic rings. The summed E-state index contributed by atoms with van der Waals surface area (Å²) >= 11 is 0. The van der Waals surface area contributed by atoms with E-state index in [-0.39, 0.29) is 17.8 Å². The summed E-state index contributed by atoms with van der Waals surface area (Å²) in [5, 5.41) is 9.47. The normalized spacial score (nSPS) is 31.8. The Balaban J connectivity index is 2.35. The topological polar surface area (TPSA) is 37.3 Å². The standard InChI is InChI=1S/C9H16O2/c1-7(10)6-8-4-2-3-5-9(8)11/h8-9,11H,2-6H2,1H3/t8-,9+/m0/s1. The predicted molar refractivity (Wildman–Crippen MR) is 43.3 cm³/mol. The summed E-state index contributed by atoms with van der Waals surface area (Å²) in [5.74, 6) is 0.456. The predicted octanol–water partition coefficient (Wildman–Crippen LogP) is 1.52. The van der Waals surface area contributed by atoms with Crippen molar-refractivity contribution in [1.29, 1.82) is 0 Å². The van der Waals surface area contributed by atoms with Gasteiger partial charge in [0.2, 0.25) is 0 Å². The van der Waals surface area contributed by atoms with Gasteiger partial charge in [0.05, 0.1) is 6.10 Å². The zero-order valence-electron chi connectivity index (χ0n) is 7.05. The van der Waals surface area contributed by atoms with Crippen LogP contribution < -0.4 is 0 Å². The zero-order chi connectivity index (χ0) is 8.27. The molecule has 1 saturated carbocycles. The van der Waals surface area contributed by atoms with Crippen molar-refractivity contribution < 1.29 is 9.90 Å². The van der Waals surface area contributed by atoms with Gasteiger partial charge in [-0.25, -0.2) is 0 Å². The molecule has 2 atom stereocenters. The highest BCUT2D eigenvalue weighted by molar-refractivity contribution is 5.75. The van der Waals surface area contributed by atoms with E-state index in [1.807, 2.05) is 0 Å². The molecule has 2 heteroatoms. The first-order valence-corrected chi connectivity index (χ1v) is 4.37. The molecular formula is C9H16O2. The van der Waals surface area contributed by atoms with Gasteiger partial charge in [-0.15, -0.1) is 0 Å². The Morgan fingerprint density at radius 1 is 1.45 bits per heavy atom. The number of rotatable bonds is 2. The first-order chi connectivity index (χ1) is 5.20. The number of carbonyl (C=O) groups excluding carboxylic acids is 1. The molecule has 0 bridgehead atoms. The molecule has 0 radical (unpaired) electrons. The summed E-state index contributed by atoms with van der Waals surface area (Å²) < 4.78 is 0. The van der Waals surface area contributed by atoms with Crippen LogP contribution in [0.1, 0.15) is 39.0 Å². The molecule has 0 unspecified atom stereocenters. The van der Waals surface area contributed by atoms with Gasteiger partial charge in [-0.2, -0.15) is 0 Å². The Bertz CT molecular complexity index is 142. The highest BCUT2D eigenvalue weighted by atomic mass is 16.3. The van der Waals surface area contributed by atoms with E-state index in [9.17, 15) is 9.90 Å². The molecular weight excluding hydrogens is 140 g/mol. The van der Waals surface area contributed by atoms with Gasteiger partial charge in [0, 0.05) is 6.42 Å². The van der Waals surface area contributed by atoms with Crippen molar-refractivity contribution in [3.63, 3.8) is 0 Å². The van der Waals surface area contributed by atoms with Crippen LogP contribution in [-0.2, 0) is 4.79 Å². The van der Waals surface area contributed by atoms with Crippen LogP contribution in [0.15, 0.2) is 0 Å². The van der Waals surface area contributed by atoms with Crippen molar-refractivity contribution >= 4 is 5.78 Å². The number of hydrogen-bond donors (Lipinski definition) is 1. The molecule has 0 aliphatic heterocycles. The fourth-order valence-corrected chi connectivity index (χ4v) is 1.80. The number of carbonyl (C=O) groups is 1. The third-order valence-electron chi connectivity index (χ3n) is 2.42. The molecule has 0 aromatic heterocycles. The third-order valence-corrected chi connectivity index (χ3v) is 2.42. The number of aliphatic hydroxyl groups excluding tert-OH is 1. The second-order valence-corrected chi connectivity index (χ2v) is 3.52. The van der Waals surface area contributed by atoms with Gasteiger partial charge in [0.1, 0.15) is 5.78 Å². The largest absolute Gasteiger partial charge is 0.393 e. The van der Waals surface area contributed by atoms with E-state index in [2.05, 4.69) is 0 Å². The van der Waals surface area contributed by atoms with Crippen LogP contribution in [0, 0.1) is 5.92 Å². The van der Waals surface area contributed by atoms with Crippen LogP contribution in [0.2, 0.25) is 0 Å². The van der Waals surface area contributed by atoms with Gasteiger partial charge in [-0.05, 0) is 25.7 Å². The van der Waals surface area contributed by atoms with Crippen molar-refractivity contribution in [2.75, 3.05) is 0 Å². The molecule has 0 aromatic carbocycles. The monoisotopic (exact) mass is 156 g/mol. The van der Waals surface area contributed by atoms with E-state index in [4.69, 9.17) is 0 Å². The fourth-order valence-electron chi connectivity index (χ4n) is 1.80. The van der Waals surface area contributed by atoms with Crippen LogP contribution >= 0.6 is 0 Å². The summed E-state index contributed by atoms with van der Waals surface area (Å²) in [5.41, 5.74) is 0. The summed E-state index contributed by atoms with van der Waals surface area (Å²) in [6.07, 6.45) is 4.57. The van der Waals surface area contributed by atoms with Gasteiger partial charge in [-0.1, -0.05) is 12.8 Å². The van der Waals surface area contributed by atoms with E-state index in [1.165, 1.54) is 6.42 Å². The Morgan fingerprint density at radius 3 is 2.64 bits per heavy atom. The lowest BCUT2D eigenvalue weighted by Gasteiger charge is -2.26. The maximum Gasteiger partial charge on any atom is 0.130 e. The highest BCUT2D eigenvalue weighted by Gasteiger charge is 2.23. The summed E-state index contributed by atoms with van der Waals surface area (Å²) in [6, 6.07) is 0. The Hall–Kier alpha value is -0.370. The Kier molecular flexibility index (Phi) is 3.06. The third kappa shape index (κ3) is 2.62. The number of ketones is 1. The number of hydrogen-bond acceptors (Lipinski definition) is 2. The maximum absolute atomic E-state index is 10.7. The minimum Gasteiger partial charge on any atom is -0.393 e. The smallest absolute Gasteiger partial charge is 0.130 e. The van der Waals surface area contributed by atoms with Gasteiger partial charge in [-0.3, -0.25) is 0 Å². The van der Waals surface area contributed by atoms with Gasteiger partial charge >= 0.3 is 0 Å². The van der Waals surface area contributed by atoms with Crippen molar-refractivity contribution in [2.24, 2.45) is 5.92 Å². The van der Waals surface area contributed by atoms with Gasteiger partial charge < -0.3 is 9.90 Å². The van der Waals surface area contributed by atoms with E-state index in [0.29, 0.717) is 6.42 Å². The van der Waals surface area contributed by atoms with Gasteiger partial charge in [0.25, 0.3) is 0 Å². The van der Waals surface area contributed by atoms with Crippen LogP contribution in [0.4, 0.5) is 0 Å². The molecule has 0 aromatic rings. The van der Waals surface area contributed by atoms with Crippen LogP contribution in [-0.4, -0.2) is 17.0 Å². The van der Waals surface area contributed by atoms with E-state index >= 15 is 0 Å². The zero-order valence-corrected chi connectivity index (χ0v) is 7.05. The maximum atomic E-state index is 10.7. The SMILES string of the molecule is CC(=O)C[C@@H]1CCCC[C@H]1O. The first-order valence-electron chi connectivity index (χ1n) is 4.37. The lowest BCUT2D eigenvalue weighted by atomic mass is 9.83. The average molecular weight is 156 g/mol. The molecule has 0 spiro atoms. The molecule has 0 saturated heterocycles. The molecule has 1 rings (SSSR count). The Morgan fingerprint density at radius 2 is 2.09 bits per heavy atom. The molecule has 64 valence electrons. The van der Waals surface area contributed by atoms with Crippen molar-refractivity contribution in [1.82, 2.24) is 0 Å². The van der Waals surface area contributed by atoms with E-state index in [0.717, 1.165) is 19.3 Å². The van der Waals surface area contributed by atoms with Crippen molar-refractivity contribution in [3.8, 4) is 0 Å². The molecule has 1 N–H and O–H groups in total. The fraction of sp³-hybridized carbons (Fsp3) is 0.889. The minimum absolute atomic E-state index is 0.205. The summed E-state index contributed by atoms with van der Waals surface area (Å²) in [4.78, 5) is 10.7. The lowest BCUT2D eigenvalue weighted by Crippen LogP contribution is -2.25. The van der Waals surface area contributed by atoms with E-state index in [1.54, 1.807) is 6.92 Å². The van der Waals surface area contributed by atoms with Crippen LogP contribution in [0.25, 0.3) is 0 Å². The van der Waals surface area contributed by atoms with Crippen LogP contribution in [0.3, 0.4) is 0 Å². The van der Waals surface area contributed by atoms with Crippen molar-refractivity contribution in [3.05, 3.63) is 0 Å². The molecule has 0 amide bonds.